The number of aliphatic hydroxyl groups is 1. The van der Waals surface area contributed by atoms with Crippen LogP contribution in [0, 0.1) is 21.4 Å². The second-order valence-corrected chi connectivity index (χ2v) is 4.61. The second-order valence-electron chi connectivity index (χ2n) is 4.61. The number of nitrogens with one attached hydrogen (secondary N) is 1. The molecule has 2 N–H and O–H groups in total. The molecule has 1 fully saturated rings. The molecule has 19 heavy (non-hydrogen) atoms. The van der Waals surface area contributed by atoms with Crippen LogP contribution in [0.1, 0.15) is 31.2 Å². The minimum Gasteiger partial charge on any atom is -0.393 e. The predicted molar refractivity (Wildman–Crippen MR) is 67.5 cm³/mol. The second kappa shape index (κ2) is 5.63. The van der Waals surface area contributed by atoms with E-state index in [0.717, 1.165) is 12.8 Å². The molecule has 100 valence electrons. The Labute approximate surface area is 110 Å². The lowest BCUT2D eigenvalue weighted by Crippen LogP contribution is -2.28. The number of nitro groups is 1. The van der Waals surface area contributed by atoms with Crippen LogP contribution in [-0.2, 0) is 0 Å². The quantitative estimate of drug-likeness (QED) is 0.631. The van der Waals surface area contributed by atoms with Gasteiger partial charge in [0.15, 0.2) is 0 Å². The molecular formula is C12H14N4O3. The van der Waals surface area contributed by atoms with Crippen LogP contribution < -0.4 is 5.32 Å². The zero-order valence-corrected chi connectivity index (χ0v) is 10.2. The molecule has 0 radical (unpaired) electrons. The van der Waals surface area contributed by atoms with Crippen LogP contribution in [0.2, 0.25) is 0 Å². The summed E-state index contributed by atoms with van der Waals surface area (Å²) in [6, 6.07) is 3.12. The Balaban J connectivity index is 2.16. The van der Waals surface area contributed by atoms with Crippen molar-refractivity contribution >= 4 is 11.5 Å². The summed E-state index contributed by atoms with van der Waals surface area (Å²) in [6.45, 7) is 0. The minimum absolute atomic E-state index is 0.0718. The molecule has 1 aromatic heterocycles. The molecule has 0 atom stereocenters. The summed E-state index contributed by atoms with van der Waals surface area (Å²) >= 11 is 0. The van der Waals surface area contributed by atoms with Crippen LogP contribution in [0.3, 0.4) is 0 Å². The summed E-state index contributed by atoms with van der Waals surface area (Å²) in [5.74, 6) is 0.186. The average molecular weight is 262 g/mol. The molecule has 0 bridgehead atoms. The summed E-state index contributed by atoms with van der Waals surface area (Å²) in [5.41, 5.74) is -0.0264. The highest BCUT2D eigenvalue weighted by Crippen LogP contribution is 2.27. The molecule has 0 saturated heterocycles. The van der Waals surface area contributed by atoms with E-state index in [1.807, 2.05) is 6.07 Å². The number of anilines is 1. The Morgan fingerprint density at radius 3 is 2.74 bits per heavy atom. The summed E-state index contributed by atoms with van der Waals surface area (Å²) in [4.78, 5) is 14.4. The highest BCUT2D eigenvalue weighted by Gasteiger charge is 2.23. The SMILES string of the molecule is N#Cc1cnc(NC2CCC(O)CC2)c([N+](=O)[O-])c1. The summed E-state index contributed by atoms with van der Waals surface area (Å²) in [5, 5.41) is 32.1. The highest BCUT2D eigenvalue weighted by atomic mass is 16.6. The molecule has 0 amide bonds. The van der Waals surface area contributed by atoms with Crippen LogP contribution in [0.4, 0.5) is 11.5 Å². The molecule has 0 aromatic carbocycles. The van der Waals surface area contributed by atoms with Crippen molar-refractivity contribution in [3.05, 3.63) is 27.9 Å². The fourth-order valence-electron chi connectivity index (χ4n) is 2.18. The number of hydrogen-bond donors (Lipinski definition) is 2. The van der Waals surface area contributed by atoms with Crippen LogP contribution in [0.25, 0.3) is 0 Å². The van der Waals surface area contributed by atoms with Gasteiger partial charge in [-0.2, -0.15) is 5.26 Å². The first-order chi connectivity index (χ1) is 9.10. The van der Waals surface area contributed by atoms with Gasteiger partial charge in [0, 0.05) is 18.3 Å². The summed E-state index contributed by atoms with van der Waals surface area (Å²) in [7, 11) is 0. The third kappa shape index (κ3) is 3.17. The third-order valence-electron chi connectivity index (χ3n) is 3.23. The lowest BCUT2D eigenvalue weighted by Gasteiger charge is -2.26. The number of rotatable bonds is 3. The maximum absolute atomic E-state index is 11.0. The molecule has 1 aliphatic carbocycles. The van der Waals surface area contributed by atoms with E-state index in [0.29, 0.717) is 12.8 Å². The molecule has 7 heteroatoms. The molecule has 1 saturated carbocycles. The van der Waals surface area contributed by atoms with Gasteiger partial charge in [-0.3, -0.25) is 10.1 Å². The lowest BCUT2D eigenvalue weighted by molar-refractivity contribution is -0.384. The fraction of sp³-hybridized carbons (Fsp3) is 0.500. The van der Waals surface area contributed by atoms with Crippen molar-refractivity contribution in [2.75, 3.05) is 5.32 Å². The molecule has 0 aliphatic heterocycles. The zero-order valence-electron chi connectivity index (χ0n) is 10.2. The van der Waals surface area contributed by atoms with Gasteiger partial charge in [-0.15, -0.1) is 0 Å². The molecule has 2 rings (SSSR count). The number of pyridine rings is 1. The summed E-state index contributed by atoms with van der Waals surface area (Å²) < 4.78 is 0. The Morgan fingerprint density at radius 1 is 1.47 bits per heavy atom. The normalized spacial score (nSPS) is 22.5. The summed E-state index contributed by atoms with van der Waals surface area (Å²) in [6.07, 6.45) is 3.90. The average Bonchev–Trinajstić information content (AvgIpc) is 2.41. The number of nitriles is 1. The van der Waals surface area contributed by atoms with Crippen molar-refractivity contribution in [2.45, 2.75) is 37.8 Å². The Hall–Kier alpha value is -2.20. The van der Waals surface area contributed by atoms with Gasteiger partial charge in [-0.1, -0.05) is 0 Å². The first kappa shape index (κ1) is 13.2. The van der Waals surface area contributed by atoms with Crippen molar-refractivity contribution in [3.8, 4) is 6.07 Å². The number of nitrogens with zero attached hydrogens (tertiary/aromatic N) is 3. The van der Waals surface area contributed by atoms with E-state index in [4.69, 9.17) is 5.26 Å². The Kier molecular flexibility index (Phi) is 3.92. The van der Waals surface area contributed by atoms with Crippen molar-refractivity contribution in [1.82, 2.24) is 4.98 Å². The fourth-order valence-corrected chi connectivity index (χ4v) is 2.18. The molecule has 1 heterocycles. The van der Waals surface area contributed by atoms with E-state index < -0.39 is 4.92 Å². The van der Waals surface area contributed by atoms with Gasteiger partial charge in [0.25, 0.3) is 0 Å². The molecule has 1 aliphatic rings. The van der Waals surface area contributed by atoms with Gasteiger partial charge >= 0.3 is 5.69 Å². The van der Waals surface area contributed by atoms with E-state index in [1.54, 1.807) is 0 Å². The Morgan fingerprint density at radius 2 is 2.16 bits per heavy atom. The van der Waals surface area contributed by atoms with Gasteiger partial charge in [0.05, 0.1) is 16.6 Å². The van der Waals surface area contributed by atoms with Crippen molar-refractivity contribution in [2.24, 2.45) is 0 Å². The van der Waals surface area contributed by atoms with E-state index in [9.17, 15) is 15.2 Å². The van der Waals surface area contributed by atoms with Gasteiger partial charge in [0.2, 0.25) is 5.82 Å². The van der Waals surface area contributed by atoms with Gasteiger partial charge in [0.1, 0.15) is 6.07 Å². The van der Waals surface area contributed by atoms with Crippen LogP contribution in [0.15, 0.2) is 12.3 Å². The largest absolute Gasteiger partial charge is 0.393 e. The first-order valence-corrected chi connectivity index (χ1v) is 6.09. The number of hydrogen-bond acceptors (Lipinski definition) is 6. The van der Waals surface area contributed by atoms with Gasteiger partial charge in [-0.25, -0.2) is 4.98 Å². The molecular weight excluding hydrogens is 248 g/mol. The van der Waals surface area contributed by atoms with Gasteiger partial charge < -0.3 is 10.4 Å². The standard InChI is InChI=1S/C12H14N4O3/c13-6-8-5-11(16(18)19)12(14-7-8)15-9-1-3-10(17)4-2-9/h5,7,9-10,17H,1-4H2,(H,14,15). The zero-order chi connectivity index (χ0) is 13.8. The van der Waals surface area contributed by atoms with Crippen molar-refractivity contribution < 1.29 is 10.0 Å². The van der Waals surface area contributed by atoms with Gasteiger partial charge in [-0.05, 0) is 25.7 Å². The molecule has 0 unspecified atom stereocenters. The van der Waals surface area contributed by atoms with Crippen LogP contribution in [-0.4, -0.2) is 27.2 Å². The number of aromatic nitrogens is 1. The third-order valence-corrected chi connectivity index (χ3v) is 3.23. The lowest BCUT2D eigenvalue weighted by atomic mass is 9.93. The Bertz CT molecular complexity index is 518. The molecule has 0 spiro atoms. The minimum atomic E-state index is -0.548. The van der Waals surface area contributed by atoms with E-state index >= 15 is 0 Å². The smallest absolute Gasteiger partial charge is 0.312 e. The van der Waals surface area contributed by atoms with Crippen LogP contribution >= 0.6 is 0 Å². The van der Waals surface area contributed by atoms with E-state index in [1.165, 1.54) is 12.3 Å². The van der Waals surface area contributed by atoms with Crippen molar-refractivity contribution in [3.63, 3.8) is 0 Å². The predicted octanol–water partition coefficient (Wildman–Crippen LogP) is 1.58. The highest BCUT2D eigenvalue weighted by molar-refractivity contribution is 5.58. The first-order valence-electron chi connectivity index (χ1n) is 6.09. The van der Waals surface area contributed by atoms with E-state index in [2.05, 4.69) is 10.3 Å². The maximum atomic E-state index is 11.0. The monoisotopic (exact) mass is 262 g/mol. The van der Waals surface area contributed by atoms with Crippen molar-refractivity contribution in [1.29, 1.82) is 5.26 Å². The topological polar surface area (TPSA) is 112 Å². The molecule has 1 aromatic rings. The maximum Gasteiger partial charge on any atom is 0.312 e. The molecule has 7 nitrogen and oxygen atoms in total. The van der Waals surface area contributed by atoms with Crippen LogP contribution in [0.5, 0.6) is 0 Å². The number of aliphatic hydroxyl groups excluding tert-OH is 1. The van der Waals surface area contributed by atoms with E-state index in [-0.39, 0.29) is 29.2 Å².